The lowest BCUT2D eigenvalue weighted by Crippen LogP contribution is -2.34. The molecule has 3 heterocycles. The van der Waals surface area contributed by atoms with E-state index in [4.69, 9.17) is 0 Å². The molecule has 0 aliphatic carbocycles. The summed E-state index contributed by atoms with van der Waals surface area (Å²) in [6.07, 6.45) is 4.50. The fourth-order valence-corrected chi connectivity index (χ4v) is 4.44. The molecule has 1 aromatic rings. The fraction of sp³-hybridized carbons (Fsp3) is 0.571. The first-order chi connectivity index (χ1) is 9.96. The minimum Gasteiger partial charge on any atom is -0.310 e. The van der Waals surface area contributed by atoms with Crippen molar-refractivity contribution in [3.8, 4) is 0 Å². The van der Waals surface area contributed by atoms with E-state index in [1.54, 1.807) is 30.3 Å². The van der Waals surface area contributed by atoms with Crippen LogP contribution < -0.4 is 4.90 Å². The average Bonchev–Trinajstić information content (AvgIpc) is 3.04. The van der Waals surface area contributed by atoms with Gasteiger partial charge in [0.2, 0.25) is 15.9 Å². The van der Waals surface area contributed by atoms with E-state index in [2.05, 4.69) is 4.98 Å². The largest absolute Gasteiger partial charge is 0.310 e. The van der Waals surface area contributed by atoms with Gasteiger partial charge in [0.05, 0.1) is 17.6 Å². The topological polar surface area (TPSA) is 70.6 Å². The molecular weight excluding hydrogens is 290 g/mol. The Kier molecular flexibility index (Phi) is 3.49. The summed E-state index contributed by atoms with van der Waals surface area (Å²) >= 11 is 0. The van der Waals surface area contributed by atoms with Crippen LogP contribution in [0.1, 0.15) is 19.8 Å². The van der Waals surface area contributed by atoms with Crippen molar-refractivity contribution < 1.29 is 13.2 Å². The standard InChI is InChI=1S/C14H19N3O3S/c1-2-21(19,20)16-7-5-14(10-16)8-13(18)17(11-14)12-4-3-6-15-9-12/h3-4,6,9H,2,5,7-8,10-11H2,1H3. The van der Waals surface area contributed by atoms with Crippen LogP contribution in [0.5, 0.6) is 0 Å². The lowest BCUT2D eigenvalue weighted by Gasteiger charge is -2.23. The Morgan fingerprint density at radius 2 is 2.19 bits per heavy atom. The third-order valence-electron chi connectivity index (χ3n) is 4.44. The summed E-state index contributed by atoms with van der Waals surface area (Å²) in [5.41, 5.74) is 0.547. The maximum Gasteiger partial charge on any atom is 0.227 e. The number of carbonyl (C=O) groups excluding carboxylic acids is 1. The zero-order valence-electron chi connectivity index (χ0n) is 12.0. The molecule has 1 spiro atoms. The molecule has 2 aliphatic rings. The predicted octanol–water partition coefficient (Wildman–Crippen LogP) is 0.860. The lowest BCUT2D eigenvalue weighted by atomic mass is 9.86. The Hall–Kier alpha value is -1.47. The molecule has 1 atom stereocenters. The van der Waals surface area contributed by atoms with Crippen molar-refractivity contribution in [2.24, 2.45) is 5.41 Å². The molecule has 3 rings (SSSR count). The van der Waals surface area contributed by atoms with Crippen LogP contribution in [0.2, 0.25) is 0 Å². The maximum absolute atomic E-state index is 12.3. The molecule has 7 heteroatoms. The van der Waals surface area contributed by atoms with E-state index in [1.807, 2.05) is 6.07 Å². The maximum atomic E-state index is 12.3. The van der Waals surface area contributed by atoms with Crippen LogP contribution in [-0.4, -0.2) is 49.0 Å². The van der Waals surface area contributed by atoms with Gasteiger partial charge in [-0.3, -0.25) is 9.78 Å². The fourth-order valence-electron chi connectivity index (χ4n) is 3.23. The average molecular weight is 309 g/mol. The van der Waals surface area contributed by atoms with E-state index in [9.17, 15) is 13.2 Å². The first-order valence-electron chi connectivity index (χ1n) is 7.14. The molecule has 1 aromatic heterocycles. The molecule has 6 nitrogen and oxygen atoms in total. The second-order valence-electron chi connectivity index (χ2n) is 5.85. The third kappa shape index (κ3) is 2.55. The van der Waals surface area contributed by atoms with Gasteiger partial charge in [0.25, 0.3) is 0 Å². The smallest absolute Gasteiger partial charge is 0.227 e. The van der Waals surface area contributed by atoms with Gasteiger partial charge in [-0.2, -0.15) is 0 Å². The quantitative estimate of drug-likeness (QED) is 0.830. The van der Waals surface area contributed by atoms with Gasteiger partial charge in [-0.05, 0) is 25.5 Å². The molecule has 1 amide bonds. The van der Waals surface area contributed by atoms with Crippen LogP contribution in [0.25, 0.3) is 0 Å². The van der Waals surface area contributed by atoms with E-state index in [0.29, 0.717) is 26.1 Å². The normalized spacial score (nSPS) is 26.9. The van der Waals surface area contributed by atoms with Crippen LogP contribution in [0.3, 0.4) is 0 Å². The van der Waals surface area contributed by atoms with E-state index in [1.165, 1.54) is 4.31 Å². The first-order valence-corrected chi connectivity index (χ1v) is 8.75. The number of hydrogen-bond acceptors (Lipinski definition) is 4. The molecule has 0 N–H and O–H groups in total. The van der Waals surface area contributed by atoms with Crippen molar-refractivity contribution in [3.63, 3.8) is 0 Å². The molecular formula is C14H19N3O3S. The molecule has 2 saturated heterocycles. The third-order valence-corrected chi connectivity index (χ3v) is 6.27. The molecule has 2 aliphatic heterocycles. The highest BCUT2D eigenvalue weighted by Gasteiger charge is 2.49. The van der Waals surface area contributed by atoms with Crippen molar-refractivity contribution in [3.05, 3.63) is 24.5 Å². The van der Waals surface area contributed by atoms with E-state index >= 15 is 0 Å². The first kappa shape index (κ1) is 14.5. The van der Waals surface area contributed by atoms with E-state index in [-0.39, 0.29) is 17.1 Å². The Morgan fingerprint density at radius 3 is 2.86 bits per heavy atom. The summed E-state index contributed by atoms with van der Waals surface area (Å²) in [6.45, 7) is 3.20. The molecule has 2 fully saturated rings. The van der Waals surface area contributed by atoms with E-state index in [0.717, 1.165) is 12.1 Å². The van der Waals surface area contributed by atoms with Gasteiger partial charge < -0.3 is 4.90 Å². The summed E-state index contributed by atoms with van der Waals surface area (Å²) in [6, 6.07) is 3.66. The number of aromatic nitrogens is 1. The van der Waals surface area contributed by atoms with Gasteiger partial charge in [-0.15, -0.1) is 0 Å². The minimum absolute atomic E-state index is 0.0544. The number of sulfonamides is 1. The van der Waals surface area contributed by atoms with Gasteiger partial charge in [0, 0.05) is 37.7 Å². The van der Waals surface area contributed by atoms with Gasteiger partial charge >= 0.3 is 0 Å². The van der Waals surface area contributed by atoms with Crippen molar-refractivity contribution in [1.29, 1.82) is 0 Å². The zero-order valence-corrected chi connectivity index (χ0v) is 12.8. The number of hydrogen-bond donors (Lipinski definition) is 0. The highest BCUT2D eigenvalue weighted by molar-refractivity contribution is 7.89. The lowest BCUT2D eigenvalue weighted by molar-refractivity contribution is -0.117. The van der Waals surface area contributed by atoms with Crippen molar-refractivity contribution in [1.82, 2.24) is 9.29 Å². The SMILES string of the molecule is CCS(=O)(=O)N1CCC2(CC(=O)N(c3cccnc3)C2)C1. The monoisotopic (exact) mass is 309 g/mol. The predicted molar refractivity (Wildman–Crippen MR) is 79.3 cm³/mol. The van der Waals surface area contributed by atoms with Gasteiger partial charge in [0.15, 0.2) is 0 Å². The number of anilines is 1. The summed E-state index contributed by atoms with van der Waals surface area (Å²) in [7, 11) is -3.17. The van der Waals surface area contributed by atoms with Crippen LogP contribution in [0.15, 0.2) is 24.5 Å². The van der Waals surface area contributed by atoms with Crippen molar-refractivity contribution in [2.45, 2.75) is 19.8 Å². The molecule has 1 unspecified atom stereocenters. The summed E-state index contributed by atoms with van der Waals surface area (Å²) in [5, 5.41) is 0. The highest BCUT2D eigenvalue weighted by Crippen LogP contribution is 2.42. The molecule has 114 valence electrons. The second-order valence-corrected chi connectivity index (χ2v) is 8.11. The Balaban J connectivity index is 1.79. The van der Waals surface area contributed by atoms with Crippen LogP contribution in [-0.2, 0) is 14.8 Å². The molecule has 21 heavy (non-hydrogen) atoms. The second kappa shape index (κ2) is 5.06. The number of rotatable bonds is 3. The van der Waals surface area contributed by atoms with Crippen LogP contribution in [0.4, 0.5) is 5.69 Å². The Bertz CT molecular complexity index is 647. The summed E-state index contributed by atoms with van der Waals surface area (Å²) in [5.74, 6) is 0.169. The summed E-state index contributed by atoms with van der Waals surface area (Å²) < 4.78 is 25.5. The van der Waals surface area contributed by atoms with Crippen molar-refractivity contribution in [2.75, 3.05) is 30.3 Å². The van der Waals surface area contributed by atoms with Gasteiger partial charge in [0.1, 0.15) is 0 Å². The van der Waals surface area contributed by atoms with Crippen molar-refractivity contribution >= 4 is 21.6 Å². The number of nitrogens with zero attached hydrogens (tertiary/aromatic N) is 3. The zero-order chi connectivity index (χ0) is 15.1. The highest BCUT2D eigenvalue weighted by atomic mass is 32.2. The molecule has 0 saturated carbocycles. The molecule has 0 radical (unpaired) electrons. The summed E-state index contributed by atoms with van der Waals surface area (Å²) in [4.78, 5) is 18.1. The Morgan fingerprint density at radius 1 is 1.38 bits per heavy atom. The van der Waals surface area contributed by atoms with Crippen LogP contribution >= 0.6 is 0 Å². The van der Waals surface area contributed by atoms with Gasteiger partial charge in [-0.1, -0.05) is 0 Å². The number of pyridine rings is 1. The van der Waals surface area contributed by atoms with Crippen LogP contribution in [0, 0.1) is 5.41 Å². The molecule has 0 aromatic carbocycles. The minimum atomic E-state index is -3.17. The number of carbonyl (C=O) groups is 1. The molecule has 0 bridgehead atoms. The van der Waals surface area contributed by atoms with Gasteiger partial charge in [-0.25, -0.2) is 12.7 Å². The van der Waals surface area contributed by atoms with E-state index < -0.39 is 10.0 Å². The number of amides is 1. The Labute approximate surface area is 124 Å².